The number of hydrogen-bond acceptors (Lipinski definition) is 0. The summed E-state index contributed by atoms with van der Waals surface area (Å²) in [6.45, 7) is 0. The Morgan fingerprint density at radius 2 is 1.43 bits per heavy atom. The minimum atomic E-state index is 0.140. The quantitative estimate of drug-likeness (QED) is 0.407. The van der Waals surface area contributed by atoms with Crippen molar-refractivity contribution in [2.24, 2.45) is 23.7 Å². The maximum Gasteiger partial charge on any atom is 0.286 e. The molecule has 4 aliphatic rings. The monoisotopic (exact) mass is 188 g/mol. The summed E-state index contributed by atoms with van der Waals surface area (Å²) in [5.41, 5.74) is 19.7. The fourth-order valence-electron chi connectivity index (χ4n) is 3.71. The zero-order chi connectivity index (χ0) is 9.71. The summed E-state index contributed by atoms with van der Waals surface area (Å²) in [5, 5.41) is 0. The van der Waals surface area contributed by atoms with E-state index < -0.39 is 0 Å². The molecule has 0 heterocycles. The SMILES string of the molecule is [N-]=[N+]=C1C2CC3CC(C2)C(=[N+]=[N-])C1C3. The van der Waals surface area contributed by atoms with Crippen molar-refractivity contribution in [3.63, 3.8) is 0 Å². The number of rotatable bonds is 0. The van der Waals surface area contributed by atoms with Crippen LogP contribution in [0.5, 0.6) is 0 Å². The van der Waals surface area contributed by atoms with Crippen LogP contribution in [0, 0.1) is 23.7 Å². The highest BCUT2D eigenvalue weighted by molar-refractivity contribution is 6.08. The first-order valence-electron chi connectivity index (χ1n) is 5.27. The molecule has 4 aliphatic carbocycles. The van der Waals surface area contributed by atoms with Gasteiger partial charge in [-0.05, 0) is 31.6 Å². The van der Waals surface area contributed by atoms with Crippen molar-refractivity contribution in [2.75, 3.05) is 0 Å². The average molecular weight is 188 g/mol. The third kappa shape index (κ3) is 0.848. The van der Waals surface area contributed by atoms with Crippen molar-refractivity contribution < 1.29 is 9.58 Å². The molecule has 0 aliphatic heterocycles. The van der Waals surface area contributed by atoms with E-state index in [2.05, 4.69) is 9.58 Å². The van der Waals surface area contributed by atoms with Crippen LogP contribution >= 0.6 is 0 Å². The van der Waals surface area contributed by atoms with Gasteiger partial charge in [0.2, 0.25) is 0 Å². The van der Waals surface area contributed by atoms with Crippen LogP contribution in [0.1, 0.15) is 25.7 Å². The Bertz CT molecular complexity index is 353. The second kappa shape index (κ2) is 2.63. The predicted molar refractivity (Wildman–Crippen MR) is 49.7 cm³/mol. The maximum atomic E-state index is 8.96. The molecule has 2 unspecified atom stereocenters. The summed E-state index contributed by atoms with van der Waals surface area (Å²) in [6.07, 6.45) is 4.38. The van der Waals surface area contributed by atoms with Gasteiger partial charge in [-0.15, -0.1) is 0 Å². The highest BCUT2D eigenvalue weighted by Gasteiger charge is 2.58. The first-order valence-corrected chi connectivity index (χ1v) is 5.27. The van der Waals surface area contributed by atoms with Crippen LogP contribution in [-0.4, -0.2) is 21.0 Å². The molecular formula is C10H12N4. The molecule has 0 aromatic heterocycles. The minimum absolute atomic E-state index is 0.140. The van der Waals surface area contributed by atoms with Crippen LogP contribution in [0.3, 0.4) is 0 Å². The van der Waals surface area contributed by atoms with Gasteiger partial charge in [0.15, 0.2) is 5.92 Å². The summed E-state index contributed by atoms with van der Waals surface area (Å²) >= 11 is 0. The molecule has 14 heavy (non-hydrogen) atoms. The van der Waals surface area contributed by atoms with Gasteiger partial charge in [-0.3, -0.25) is 0 Å². The summed E-state index contributed by atoms with van der Waals surface area (Å²) in [4.78, 5) is 6.82. The van der Waals surface area contributed by atoms with Gasteiger partial charge in [0.25, 0.3) is 11.4 Å². The zero-order valence-corrected chi connectivity index (χ0v) is 7.93. The van der Waals surface area contributed by atoms with Crippen LogP contribution in [0.25, 0.3) is 11.1 Å². The van der Waals surface area contributed by atoms with E-state index in [1.807, 2.05) is 0 Å². The van der Waals surface area contributed by atoms with E-state index in [4.69, 9.17) is 11.1 Å². The summed E-state index contributed by atoms with van der Waals surface area (Å²) < 4.78 is 0. The maximum absolute atomic E-state index is 8.96. The number of hydrogen-bond donors (Lipinski definition) is 0. The first kappa shape index (κ1) is 8.10. The third-order valence-electron chi connectivity index (χ3n) is 4.16. The summed E-state index contributed by atoms with van der Waals surface area (Å²) in [7, 11) is 0. The normalized spacial score (nSPS) is 43.7. The van der Waals surface area contributed by atoms with Crippen molar-refractivity contribution in [1.82, 2.24) is 0 Å². The van der Waals surface area contributed by atoms with Gasteiger partial charge in [0, 0.05) is 0 Å². The van der Waals surface area contributed by atoms with Crippen LogP contribution in [0.4, 0.5) is 0 Å². The van der Waals surface area contributed by atoms with Crippen LogP contribution in [-0.2, 0) is 0 Å². The Hall–Kier alpha value is -1.24. The van der Waals surface area contributed by atoms with E-state index in [0.717, 1.165) is 30.2 Å². The lowest BCUT2D eigenvalue weighted by Crippen LogP contribution is -2.52. The molecule has 4 nitrogen and oxygen atoms in total. The van der Waals surface area contributed by atoms with E-state index in [-0.39, 0.29) is 5.92 Å². The van der Waals surface area contributed by atoms with E-state index >= 15 is 0 Å². The van der Waals surface area contributed by atoms with Crippen LogP contribution in [0.2, 0.25) is 0 Å². The molecule has 4 rings (SSSR count). The average Bonchev–Trinajstić information content (AvgIpc) is 2.17. The Labute approximate surface area is 82.2 Å². The largest absolute Gasteiger partial charge is 0.362 e. The Kier molecular flexibility index (Phi) is 1.52. The highest BCUT2D eigenvalue weighted by atomic mass is 14.9. The molecule has 0 aromatic carbocycles. The van der Waals surface area contributed by atoms with E-state index in [0.29, 0.717) is 11.8 Å². The van der Waals surface area contributed by atoms with Crippen molar-refractivity contribution in [3.05, 3.63) is 11.1 Å². The van der Waals surface area contributed by atoms with E-state index in [1.54, 1.807) is 0 Å². The standard InChI is InChI=1S/C10H12N4/c11-13-9-6-1-5-2-7(4-6)10(14-12)8(9)3-5/h5-8H,1-4H2. The fraction of sp³-hybridized carbons (Fsp3) is 0.800. The van der Waals surface area contributed by atoms with E-state index in [9.17, 15) is 0 Å². The van der Waals surface area contributed by atoms with E-state index in [1.165, 1.54) is 12.8 Å². The number of nitrogens with zero attached hydrogens (tertiary/aromatic N) is 4. The van der Waals surface area contributed by atoms with Gasteiger partial charge in [-0.1, -0.05) is 0 Å². The van der Waals surface area contributed by atoms with Gasteiger partial charge < -0.3 is 11.1 Å². The topological polar surface area (TPSA) is 72.8 Å². The molecule has 0 saturated heterocycles. The summed E-state index contributed by atoms with van der Waals surface area (Å²) in [6, 6.07) is 0. The molecule has 4 heteroatoms. The summed E-state index contributed by atoms with van der Waals surface area (Å²) in [5.74, 6) is 1.81. The molecule has 4 fully saturated rings. The lowest BCUT2D eigenvalue weighted by Gasteiger charge is -2.43. The second-order valence-electron chi connectivity index (χ2n) is 4.80. The van der Waals surface area contributed by atoms with Gasteiger partial charge >= 0.3 is 0 Å². The molecular weight excluding hydrogens is 176 g/mol. The highest BCUT2D eigenvalue weighted by Crippen LogP contribution is 2.49. The van der Waals surface area contributed by atoms with Crippen molar-refractivity contribution in [3.8, 4) is 0 Å². The Morgan fingerprint density at radius 1 is 0.857 bits per heavy atom. The second-order valence-corrected chi connectivity index (χ2v) is 4.80. The third-order valence-corrected chi connectivity index (χ3v) is 4.16. The van der Waals surface area contributed by atoms with Crippen molar-refractivity contribution in [1.29, 1.82) is 0 Å². The van der Waals surface area contributed by atoms with Gasteiger partial charge in [-0.2, -0.15) is 9.58 Å². The molecule has 0 N–H and O–H groups in total. The molecule has 4 bridgehead atoms. The lowest BCUT2D eigenvalue weighted by molar-refractivity contribution is -0.0575. The predicted octanol–water partition coefficient (Wildman–Crippen LogP) is 1.39. The van der Waals surface area contributed by atoms with Crippen molar-refractivity contribution >= 4 is 11.4 Å². The Balaban J connectivity index is 2.12. The molecule has 0 amide bonds. The Morgan fingerprint density at radius 3 is 1.93 bits per heavy atom. The molecule has 0 radical (unpaired) electrons. The van der Waals surface area contributed by atoms with Crippen LogP contribution in [0.15, 0.2) is 0 Å². The fourth-order valence-corrected chi connectivity index (χ4v) is 3.71. The van der Waals surface area contributed by atoms with Crippen LogP contribution < -0.4 is 0 Å². The molecule has 2 atom stereocenters. The van der Waals surface area contributed by atoms with Gasteiger partial charge in [0.05, 0.1) is 11.8 Å². The molecule has 0 aromatic rings. The zero-order valence-electron chi connectivity index (χ0n) is 7.93. The minimum Gasteiger partial charge on any atom is -0.362 e. The first-order chi connectivity index (χ1) is 6.83. The van der Waals surface area contributed by atoms with Gasteiger partial charge in [-0.25, -0.2) is 0 Å². The lowest BCUT2D eigenvalue weighted by atomic mass is 9.54. The smallest absolute Gasteiger partial charge is 0.286 e. The molecule has 72 valence electrons. The molecule has 0 spiro atoms. The van der Waals surface area contributed by atoms with Crippen molar-refractivity contribution in [2.45, 2.75) is 25.7 Å². The molecule has 4 saturated carbocycles. The van der Waals surface area contributed by atoms with Gasteiger partial charge in [0.1, 0.15) is 0 Å².